The molecule has 0 heterocycles. The number of amides is 2. The Labute approximate surface area is 262 Å². The van der Waals surface area contributed by atoms with E-state index in [9.17, 15) is 18.0 Å². The first-order valence-corrected chi connectivity index (χ1v) is 16.5. The molecule has 1 fully saturated rings. The topological polar surface area (TPSA) is 86.8 Å². The average Bonchev–Trinajstić information content (AvgIpc) is 3.47. The molecule has 11 heteroatoms. The summed E-state index contributed by atoms with van der Waals surface area (Å²) in [6.45, 7) is 2.95. The lowest BCUT2D eigenvalue weighted by Crippen LogP contribution is -2.53. The van der Waals surface area contributed by atoms with Crippen LogP contribution < -0.4 is 9.62 Å². The van der Waals surface area contributed by atoms with Crippen molar-refractivity contribution in [2.45, 2.75) is 69.5 Å². The van der Waals surface area contributed by atoms with Gasteiger partial charge >= 0.3 is 0 Å². The SMILES string of the molecule is CC[C@@H](C(=O)NC1CCCC1)N(Cc1ccc(Cl)cc1Cl)C(=O)CN(c1cccc(Cl)c1C)S(=O)(=O)c1ccccc1. The van der Waals surface area contributed by atoms with Crippen molar-refractivity contribution in [2.75, 3.05) is 10.8 Å². The normalized spacial score (nSPS) is 14.4. The Balaban J connectivity index is 1.76. The summed E-state index contributed by atoms with van der Waals surface area (Å²) in [6, 6.07) is 16.9. The molecule has 3 aromatic carbocycles. The summed E-state index contributed by atoms with van der Waals surface area (Å²) in [4.78, 5) is 29.3. The van der Waals surface area contributed by atoms with Gasteiger partial charge in [-0.1, -0.05) is 84.9 Å². The van der Waals surface area contributed by atoms with Crippen LogP contribution in [-0.4, -0.2) is 43.8 Å². The fraction of sp³-hybridized carbons (Fsp3) is 0.355. The molecule has 1 saturated carbocycles. The van der Waals surface area contributed by atoms with Gasteiger partial charge in [-0.25, -0.2) is 8.42 Å². The second-order valence-corrected chi connectivity index (χ2v) is 13.5. The maximum absolute atomic E-state index is 14.3. The Morgan fingerprint density at radius 1 is 0.952 bits per heavy atom. The lowest BCUT2D eigenvalue weighted by Gasteiger charge is -2.34. The molecule has 2 amide bonds. The molecule has 224 valence electrons. The van der Waals surface area contributed by atoms with E-state index in [1.54, 1.807) is 61.5 Å². The highest BCUT2D eigenvalue weighted by Gasteiger charge is 2.35. The molecule has 1 aliphatic rings. The van der Waals surface area contributed by atoms with Crippen LogP contribution in [0.4, 0.5) is 5.69 Å². The number of nitrogens with one attached hydrogen (secondary N) is 1. The van der Waals surface area contributed by atoms with Crippen molar-refractivity contribution in [3.8, 4) is 0 Å². The van der Waals surface area contributed by atoms with Crippen LogP contribution in [0.1, 0.15) is 50.2 Å². The van der Waals surface area contributed by atoms with E-state index in [0.717, 1.165) is 30.0 Å². The molecule has 0 radical (unpaired) electrons. The molecule has 1 aliphatic carbocycles. The number of sulfonamides is 1. The third kappa shape index (κ3) is 7.40. The Morgan fingerprint density at radius 2 is 1.64 bits per heavy atom. The third-order valence-electron chi connectivity index (χ3n) is 7.56. The van der Waals surface area contributed by atoms with Gasteiger partial charge in [0, 0.05) is 27.7 Å². The van der Waals surface area contributed by atoms with E-state index in [0.29, 0.717) is 32.6 Å². The molecule has 1 atom stereocenters. The van der Waals surface area contributed by atoms with Gasteiger partial charge in [-0.2, -0.15) is 0 Å². The van der Waals surface area contributed by atoms with Crippen molar-refractivity contribution in [1.82, 2.24) is 10.2 Å². The van der Waals surface area contributed by atoms with E-state index in [-0.39, 0.29) is 29.1 Å². The number of rotatable bonds is 11. The van der Waals surface area contributed by atoms with Crippen molar-refractivity contribution in [3.63, 3.8) is 0 Å². The van der Waals surface area contributed by atoms with Crippen molar-refractivity contribution in [1.29, 1.82) is 0 Å². The monoisotopic (exact) mass is 649 g/mol. The van der Waals surface area contributed by atoms with Crippen molar-refractivity contribution < 1.29 is 18.0 Å². The van der Waals surface area contributed by atoms with Crippen LogP contribution in [-0.2, 0) is 26.2 Å². The fourth-order valence-electron chi connectivity index (χ4n) is 5.22. The summed E-state index contributed by atoms with van der Waals surface area (Å²) in [5.41, 5.74) is 1.36. The van der Waals surface area contributed by atoms with Gasteiger partial charge in [-0.05, 0) is 73.7 Å². The minimum Gasteiger partial charge on any atom is -0.352 e. The number of hydrogen-bond acceptors (Lipinski definition) is 4. The zero-order valence-corrected chi connectivity index (χ0v) is 26.6. The van der Waals surface area contributed by atoms with Crippen LogP contribution in [0.2, 0.25) is 15.1 Å². The molecular formula is C31H34Cl3N3O4S. The van der Waals surface area contributed by atoms with Crippen LogP contribution in [0.5, 0.6) is 0 Å². The molecule has 0 bridgehead atoms. The fourth-order valence-corrected chi connectivity index (χ4v) is 7.35. The summed E-state index contributed by atoms with van der Waals surface area (Å²) in [6.07, 6.45) is 4.16. The van der Waals surface area contributed by atoms with E-state index >= 15 is 0 Å². The number of halogens is 3. The van der Waals surface area contributed by atoms with Crippen molar-refractivity contribution in [3.05, 3.63) is 92.9 Å². The largest absolute Gasteiger partial charge is 0.352 e. The van der Waals surface area contributed by atoms with Crippen molar-refractivity contribution >= 4 is 62.3 Å². The van der Waals surface area contributed by atoms with Gasteiger partial charge in [-0.3, -0.25) is 13.9 Å². The highest BCUT2D eigenvalue weighted by Crippen LogP contribution is 2.32. The second kappa shape index (κ2) is 14.1. The van der Waals surface area contributed by atoms with Crippen LogP contribution in [0.3, 0.4) is 0 Å². The Kier molecular flexibility index (Phi) is 10.8. The first-order valence-electron chi connectivity index (χ1n) is 13.9. The molecule has 0 aromatic heterocycles. The van der Waals surface area contributed by atoms with E-state index in [1.807, 2.05) is 6.92 Å². The predicted molar refractivity (Wildman–Crippen MR) is 169 cm³/mol. The molecular weight excluding hydrogens is 617 g/mol. The molecule has 0 aliphatic heterocycles. The summed E-state index contributed by atoms with van der Waals surface area (Å²) in [7, 11) is -4.20. The minimum atomic E-state index is -4.20. The summed E-state index contributed by atoms with van der Waals surface area (Å²) in [5.74, 6) is -0.840. The number of nitrogens with zero attached hydrogens (tertiary/aromatic N) is 2. The highest BCUT2D eigenvalue weighted by atomic mass is 35.5. The second-order valence-electron chi connectivity index (χ2n) is 10.4. The van der Waals surface area contributed by atoms with Crippen molar-refractivity contribution in [2.24, 2.45) is 0 Å². The van der Waals surface area contributed by atoms with Crippen LogP contribution in [0.15, 0.2) is 71.6 Å². The number of carbonyl (C=O) groups excluding carboxylic acids is 2. The summed E-state index contributed by atoms with van der Waals surface area (Å²) >= 11 is 19.0. The molecule has 1 N–H and O–H groups in total. The van der Waals surface area contributed by atoms with Gasteiger partial charge in [0.05, 0.1) is 10.6 Å². The molecule has 0 spiro atoms. The van der Waals surface area contributed by atoms with E-state index in [2.05, 4.69) is 5.32 Å². The highest BCUT2D eigenvalue weighted by molar-refractivity contribution is 7.92. The van der Waals surface area contributed by atoms with Gasteiger partial charge in [0.1, 0.15) is 12.6 Å². The van der Waals surface area contributed by atoms with Crippen LogP contribution in [0.25, 0.3) is 0 Å². The number of benzene rings is 3. The molecule has 0 saturated heterocycles. The number of anilines is 1. The van der Waals surface area contributed by atoms with Gasteiger partial charge < -0.3 is 10.2 Å². The minimum absolute atomic E-state index is 0.0147. The van der Waals surface area contributed by atoms with E-state index in [4.69, 9.17) is 34.8 Å². The smallest absolute Gasteiger partial charge is 0.264 e. The van der Waals surface area contributed by atoms with Gasteiger partial charge in [0.2, 0.25) is 11.8 Å². The molecule has 7 nitrogen and oxygen atoms in total. The van der Waals surface area contributed by atoms with Gasteiger partial charge in [0.15, 0.2) is 0 Å². The predicted octanol–water partition coefficient (Wildman–Crippen LogP) is 7.02. The Hall–Kier alpha value is -2.78. The molecule has 3 aromatic rings. The molecule has 4 rings (SSSR count). The quantitative estimate of drug-likeness (QED) is 0.242. The zero-order chi connectivity index (χ0) is 30.4. The lowest BCUT2D eigenvalue weighted by atomic mass is 10.1. The van der Waals surface area contributed by atoms with Crippen LogP contribution >= 0.6 is 34.8 Å². The van der Waals surface area contributed by atoms with Crippen LogP contribution in [0, 0.1) is 6.92 Å². The lowest BCUT2D eigenvalue weighted by molar-refractivity contribution is -0.140. The molecule has 0 unspecified atom stereocenters. The first kappa shape index (κ1) is 32.1. The third-order valence-corrected chi connectivity index (χ3v) is 10.3. The Bertz CT molecular complexity index is 1530. The van der Waals surface area contributed by atoms with E-state index < -0.39 is 28.5 Å². The number of carbonyl (C=O) groups is 2. The Morgan fingerprint density at radius 3 is 2.29 bits per heavy atom. The molecule has 42 heavy (non-hydrogen) atoms. The average molecular weight is 651 g/mol. The van der Waals surface area contributed by atoms with Gasteiger partial charge in [-0.15, -0.1) is 0 Å². The summed E-state index contributed by atoms with van der Waals surface area (Å²) in [5, 5.41) is 4.23. The maximum atomic E-state index is 14.3. The standard InChI is InChI=1S/C31H34Cl3N3O4S/c1-3-28(31(39)35-24-10-7-8-11-24)36(19-22-16-17-23(32)18-27(22)34)30(38)20-37(29-15-9-14-26(33)21(29)2)42(40,41)25-12-5-4-6-13-25/h4-6,9,12-18,24,28H,3,7-8,10-11,19-20H2,1-2H3,(H,35,39)/t28-/m0/s1. The van der Waals surface area contributed by atoms with Gasteiger partial charge in [0.25, 0.3) is 10.0 Å². The number of hydrogen-bond donors (Lipinski definition) is 1. The van der Waals surface area contributed by atoms with E-state index in [1.165, 1.54) is 17.0 Å². The maximum Gasteiger partial charge on any atom is 0.264 e. The first-order chi connectivity index (χ1) is 20.0. The zero-order valence-electron chi connectivity index (χ0n) is 23.5. The summed E-state index contributed by atoms with van der Waals surface area (Å²) < 4.78 is 29.1.